The van der Waals surface area contributed by atoms with E-state index in [4.69, 9.17) is 16.3 Å². The fraction of sp³-hybridized carbons (Fsp3) is 0.346. The molecule has 39 heavy (non-hydrogen) atoms. The lowest BCUT2D eigenvalue weighted by molar-refractivity contribution is -0.120. The van der Waals surface area contributed by atoms with E-state index in [1.807, 2.05) is 18.2 Å². The molecule has 0 saturated carbocycles. The minimum absolute atomic E-state index is 0.0366. The number of piperidine rings is 1. The van der Waals surface area contributed by atoms with Gasteiger partial charge in [0, 0.05) is 67.0 Å². The number of rotatable bonds is 8. The van der Waals surface area contributed by atoms with Crippen LogP contribution in [0.25, 0.3) is 15.7 Å². The second kappa shape index (κ2) is 10.2. The highest BCUT2D eigenvalue weighted by Gasteiger charge is 2.37. The number of nitrogens with one attached hydrogen (secondary N) is 1. The molecule has 204 valence electrons. The van der Waals surface area contributed by atoms with E-state index in [1.54, 1.807) is 35.7 Å². The molecule has 1 unspecified atom stereocenters. The quantitative estimate of drug-likeness (QED) is 0.309. The van der Waals surface area contributed by atoms with E-state index in [0.29, 0.717) is 55.2 Å². The minimum atomic E-state index is -3.97. The zero-order valence-corrected chi connectivity index (χ0v) is 23.5. The summed E-state index contributed by atoms with van der Waals surface area (Å²) in [4.78, 5) is 32.9. The molecule has 2 aliphatic heterocycles. The lowest BCUT2D eigenvalue weighted by atomic mass is 9.98. The van der Waals surface area contributed by atoms with Gasteiger partial charge in [0.15, 0.2) is 15.1 Å². The standard InChI is InChI=1S/C26H26ClN5O5S2/c1-37-13-4-11-31-20-9-8-19(17-6-2-7-18(21(17)20)24(31)34)28-23(33)16-5-3-10-30(15-16)39(35,36)25-22(27)29-26-32(25)12-14-38-26/h2,6-9,12,14,16H,3-5,10-11,13,15H2,1H3,(H,28,33). The normalized spacial score (nSPS) is 17.9. The van der Waals surface area contributed by atoms with Crippen LogP contribution in [-0.2, 0) is 19.6 Å². The monoisotopic (exact) mass is 587 g/mol. The summed E-state index contributed by atoms with van der Waals surface area (Å²) in [6.45, 7) is 1.42. The summed E-state index contributed by atoms with van der Waals surface area (Å²) in [6.07, 6.45) is 3.42. The number of ether oxygens (including phenoxy) is 1. The maximum Gasteiger partial charge on any atom is 0.262 e. The molecule has 13 heteroatoms. The number of thiazole rings is 1. The van der Waals surface area contributed by atoms with Crippen LogP contribution in [0.5, 0.6) is 0 Å². The summed E-state index contributed by atoms with van der Waals surface area (Å²) in [7, 11) is -2.34. The predicted octanol–water partition coefficient (Wildman–Crippen LogP) is 4.24. The smallest absolute Gasteiger partial charge is 0.262 e. The van der Waals surface area contributed by atoms with Gasteiger partial charge in [0.05, 0.1) is 11.6 Å². The summed E-state index contributed by atoms with van der Waals surface area (Å²) in [5.74, 6) is -0.882. The number of hydrogen-bond acceptors (Lipinski definition) is 7. The number of methoxy groups -OCH3 is 1. The Balaban J connectivity index is 1.24. The Morgan fingerprint density at radius 3 is 2.95 bits per heavy atom. The van der Waals surface area contributed by atoms with Crippen LogP contribution in [0.2, 0.25) is 5.15 Å². The first-order valence-corrected chi connectivity index (χ1v) is 15.3. The number of amides is 2. The molecule has 4 heterocycles. The molecule has 0 aliphatic carbocycles. The fourth-order valence-corrected chi connectivity index (χ4v) is 8.38. The van der Waals surface area contributed by atoms with Gasteiger partial charge in [-0.25, -0.2) is 13.4 Å². The molecular weight excluding hydrogens is 562 g/mol. The van der Waals surface area contributed by atoms with Gasteiger partial charge in [-0.3, -0.25) is 14.0 Å². The lowest BCUT2D eigenvalue weighted by Gasteiger charge is -2.31. The highest BCUT2D eigenvalue weighted by molar-refractivity contribution is 7.89. The molecule has 1 saturated heterocycles. The van der Waals surface area contributed by atoms with Gasteiger partial charge in [-0.2, -0.15) is 4.31 Å². The van der Waals surface area contributed by atoms with Crippen LogP contribution in [0.4, 0.5) is 11.4 Å². The predicted molar refractivity (Wildman–Crippen MR) is 150 cm³/mol. The molecule has 6 rings (SSSR count). The number of hydrogen-bond donors (Lipinski definition) is 1. The zero-order valence-electron chi connectivity index (χ0n) is 21.1. The summed E-state index contributed by atoms with van der Waals surface area (Å²) >= 11 is 7.51. The second-order valence-electron chi connectivity index (χ2n) is 9.62. The fourth-order valence-electron chi connectivity index (χ4n) is 5.45. The molecule has 0 radical (unpaired) electrons. The van der Waals surface area contributed by atoms with E-state index in [0.717, 1.165) is 16.5 Å². The third-order valence-electron chi connectivity index (χ3n) is 7.29. The molecule has 1 fully saturated rings. The van der Waals surface area contributed by atoms with Crippen LogP contribution in [-0.4, -0.2) is 67.3 Å². The van der Waals surface area contributed by atoms with Crippen molar-refractivity contribution in [3.63, 3.8) is 0 Å². The molecule has 4 aromatic rings. The Kier molecular flexibility index (Phi) is 6.84. The van der Waals surface area contributed by atoms with Gasteiger partial charge in [-0.1, -0.05) is 23.7 Å². The maximum atomic E-state index is 13.5. The molecule has 1 atom stereocenters. The minimum Gasteiger partial charge on any atom is -0.385 e. The number of carbonyl (C=O) groups is 2. The molecule has 10 nitrogen and oxygen atoms in total. The lowest BCUT2D eigenvalue weighted by Crippen LogP contribution is -2.44. The molecule has 2 aromatic carbocycles. The molecular formula is C26H26ClN5O5S2. The maximum absolute atomic E-state index is 13.5. The third-order valence-corrected chi connectivity index (χ3v) is 10.3. The van der Waals surface area contributed by atoms with Crippen molar-refractivity contribution in [3.05, 3.63) is 52.6 Å². The Hall–Kier alpha value is -3.03. The van der Waals surface area contributed by atoms with E-state index in [-0.39, 0.29) is 28.5 Å². The van der Waals surface area contributed by atoms with Crippen molar-refractivity contribution >= 4 is 71.9 Å². The van der Waals surface area contributed by atoms with Gasteiger partial charge in [-0.15, -0.1) is 11.3 Å². The van der Waals surface area contributed by atoms with Gasteiger partial charge in [0.1, 0.15) is 0 Å². The molecule has 2 aromatic heterocycles. The average molecular weight is 588 g/mol. The van der Waals surface area contributed by atoms with Crippen molar-refractivity contribution in [2.45, 2.75) is 24.3 Å². The number of anilines is 2. The molecule has 1 N–H and O–H groups in total. The molecule has 2 aliphatic rings. The van der Waals surface area contributed by atoms with E-state index in [2.05, 4.69) is 10.3 Å². The second-order valence-corrected chi connectivity index (χ2v) is 12.7. The van der Waals surface area contributed by atoms with Crippen molar-refractivity contribution in [2.24, 2.45) is 5.92 Å². The number of imidazole rings is 1. The molecule has 2 amide bonds. The van der Waals surface area contributed by atoms with Gasteiger partial charge in [-0.05, 0) is 37.5 Å². The summed E-state index contributed by atoms with van der Waals surface area (Å²) in [5.41, 5.74) is 2.00. The molecule has 0 spiro atoms. The van der Waals surface area contributed by atoms with Crippen LogP contribution < -0.4 is 10.2 Å². The Morgan fingerprint density at radius 1 is 1.28 bits per heavy atom. The number of aromatic nitrogens is 2. The SMILES string of the molecule is COCCCN1C(=O)c2cccc3c(NC(=O)C4CCCN(S(=O)(=O)c5c(Cl)nc6sccn56)C4)ccc1c23. The molecule has 0 bridgehead atoms. The van der Waals surface area contributed by atoms with Crippen LogP contribution >= 0.6 is 22.9 Å². The number of sulfonamides is 1. The summed E-state index contributed by atoms with van der Waals surface area (Å²) in [5, 5.41) is 6.18. The van der Waals surface area contributed by atoms with Crippen molar-refractivity contribution < 1.29 is 22.7 Å². The van der Waals surface area contributed by atoms with E-state index >= 15 is 0 Å². The first kappa shape index (κ1) is 26.2. The number of halogens is 1. The van der Waals surface area contributed by atoms with Crippen molar-refractivity contribution in [3.8, 4) is 0 Å². The van der Waals surface area contributed by atoms with Gasteiger partial charge < -0.3 is 15.0 Å². The van der Waals surface area contributed by atoms with E-state index in [1.165, 1.54) is 20.0 Å². The van der Waals surface area contributed by atoms with Gasteiger partial charge >= 0.3 is 0 Å². The topological polar surface area (TPSA) is 113 Å². The van der Waals surface area contributed by atoms with E-state index < -0.39 is 15.9 Å². The van der Waals surface area contributed by atoms with Crippen LogP contribution in [0.1, 0.15) is 29.6 Å². The number of nitrogens with zero attached hydrogens (tertiary/aromatic N) is 4. The highest BCUT2D eigenvalue weighted by Crippen LogP contribution is 2.41. The number of carbonyl (C=O) groups excluding carboxylic acids is 2. The van der Waals surface area contributed by atoms with Crippen LogP contribution in [0.15, 0.2) is 46.9 Å². The first-order valence-electron chi connectivity index (χ1n) is 12.6. The van der Waals surface area contributed by atoms with Gasteiger partial charge in [0.2, 0.25) is 5.91 Å². The Labute approximate surface area is 234 Å². The first-order chi connectivity index (χ1) is 18.8. The average Bonchev–Trinajstić information content (AvgIpc) is 3.58. The summed E-state index contributed by atoms with van der Waals surface area (Å²) < 4.78 is 35.0. The third kappa shape index (κ3) is 4.40. The van der Waals surface area contributed by atoms with Crippen molar-refractivity contribution in [1.29, 1.82) is 0 Å². The van der Waals surface area contributed by atoms with Crippen molar-refractivity contribution in [2.75, 3.05) is 43.6 Å². The zero-order chi connectivity index (χ0) is 27.3. The Bertz CT molecular complexity index is 1720. The largest absolute Gasteiger partial charge is 0.385 e. The number of fused-ring (bicyclic) bond motifs is 1. The van der Waals surface area contributed by atoms with Crippen LogP contribution in [0, 0.1) is 5.92 Å². The van der Waals surface area contributed by atoms with Crippen molar-refractivity contribution in [1.82, 2.24) is 13.7 Å². The Morgan fingerprint density at radius 2 is 2.13 bits per heavy atom. The van der Waals surface area contributed by atoms with Crippen LogP contribution in [0.3, 0.4) is 0 Å². The van der Waals surface area contributed by atoms with Gasteiger partial charge in [0.25, 0.3) is 15.9 Å². The summed E-state index contributed by atoms with van der Waals surface area (Å²) in [6, 6.07) is 9.15. The highest BCUT2D eigenvalue weighted by atomic mass is 35.5. The van der Waals surface area contributed by atoms with E-state index in [9.17, 15) is 18.0 Å². The number of benzene rings is 2.